The molecule has 104 valence electrons. The molecule has 2 N–H and O–H groups in total. The van der Waals surface area contributed by atoms with Crippen LogP contribution < -0.4 is 5.73 Å². The quantitative estimate of drug-likeness (QED) is 0.844. The van der Waals surface area contributed by atoms with E-state index in [1.54, 1.807) is 7.11 Å². The van der Waals surface area contributed by atoms with Gasteiger partial charge in [-0.2, -0.15) is 0 Å². The van der Waals surface area contributed by atoms with Gasteiger partial charge in [0, 0.05) is 19.7 Å². The molecule has 1 aliphatic rings. The van der Waals surface area contributed by atoms with Gasteiger partial charge in [-0.25, -0.2) is 0 Å². The summed E-state index contributed by atoms with van der Waals surface area (Å²) in [6.45, 7) is 2.97. The van der Waals surface area contributed by atoms with Gasteiger partial charge in [0.05, 0.1) is 6.61 Å². The van der Waals surface area contributed by atoms with Crippen LogP contribution in [-0.2, 0) is 16.1 Å². The first kappa shape index (κ1) is 14.0. The summed E-state index contributed by atoms with van der Waals surface area (Å²) in [6, 6.07) is 8.05. The van der Waals surface area contributed by atoms with Crippen molar-refractivity contribution in [1.29, 1.82) is 0 Å². The largest absolute Gasteiger partial charge is 0.383 e. The zero-order valence-corrected chi connectivity index (χ0v) is 11.6. The van der Waals surface area contributed by atoms with Gasteiger partial charge in [-0.15, -0.1) is 0 Å². The number of benzene rings is 1. The molecule has 0 bridgehead atoms. The average molecular weight is 262 g/mol. The van der Waals surface area contributed by atoms with Crippen molar-refractivity contribution in [3.8, 4) is 0 Å². The van der Waals surface area contributed by atoms with Crippen LogP contribution >= 0.6 is 0 Å². The highest BCUT2D eigenvalue weighted by molar-refractivity contribution is 5.82. The van der Waals surface area contributed by atoms with Gasteiger partial charge >= 0.3 is 0 Å². The summed E-state index contributed by atoms with van der Waals surface area (Å²) in [5, 5.41) is 0. The molecule has 2 rings (SSSR count). The highest BCUT2D eigenvalue weighted by Gasteiger charge is 2.34. The number of carbonyl (C=O) groups excluding carboxylic acids is 1. The molecule has 19 heavy (non-hydrogen) atoms. The lowest BCUT2D eigenvalue weighted by Gasteiger charge is -2.25. The Morgan fingerprint density at radius 1 is 1.53 bits per heavy atom. The Hall–Kier alpha value is -1.39. The first-order chi connectivity index (χ1) is 9.11. The fourth-order valence-corrected chi connectivity index (χ4v) is 2.24. The van der Waals surface area contributed by atoms with Crippen LogP contribution in [0.1, 0.15) is 24.0 Å². The fraction of sp³-hybridized carbons (Fsp3) is 0.533. The smallest absolute Gasteiger partial charge is 0.242 e. The second kappa shape index (κ2) is 6.17. The first-order valence-electron chi connectivity index (χ1n) is 6.72. The summed E-state index contributed by atoms with van der Waals surface area (Å²) < 4.78 is 4.97. The van der Waals surface area contributed by atoms with E-state index in [1.807, 2.05) is 11.0 Å². The fourth-order valence-electron chi connectivity index (χ4n) is 2.24. The van der Waals surface area contributed by atoms with Crippen molar-refractivity contribution < 1.29 is 9.53 Å². The molecule has 1 aliphatic carbocycles. The topological polar surface area (TPSA) is 55.6 Å². The number of nitrogens with zero attached hydrogens (tertiary/aromatic N) is 1. The van der Waals surface area contributed by atoms with Crippen molar-refractivity contribution in [3.05, 3.63) is 35.4 Å². The molecule has 0 saturated heterocycles. The number of nitrogens with two attached hydrogens (primary N) is 1. The second-order valence-corrected chi connectivity index (χ2v) is 5.25. The van der Waals surface area contributed by atoms with E-state index >= 15 is 0 Å². The van der Waals surface area contributed by atoms with Gasteiger partial charge in [-0.05, 0) is 25.3 Å². The summed E-state index contributed by atoms with van der Waals surface area (Å²) in [4.78, 5) is 14.2. The summed E-state index contributed by atoms with van der Waals surface area (Å²) in [7, 11) is 1.56. The number of amides is 1. The molecule has 1 aromatic carbocycles. The van der Waals surface area contributed by atoms with Crippen molar-refractivity contribution in [2.24, 2.45) is 5.73 Å². The summed E-state index contributed by atoms with van der Waals surface area (Å²) >= 11 is 0. The molecule has 1 unspecified atom stereocenters. The van der Waals surface area contributed by atoms with Gasteiger partial charge in [-0.3, -0.25) is 4.79 Å². The molecule has 1 atom stereocenters. The molecular formula is C15H22N2O2. The minimum atomic E-state index is -0.560. The molecule has 4 nitrogen and oxygen atoms in total. The number of methoxy groups -OCH3 is 1. The Morgan fingerprint density at radius 2 is 2.26 bits per heavy atom. The maximum Gasteiger partial charge on any atom is 0.242 e. The van der Waals surface area contributed by atoms with Crippen LogP contribution in [0.15, 0.2) is 24.3 Å². The lowest BCUT2D eigenvalue weighted by Crippen LogP contribution is -2.46. The zero-order chi connectivity index (χ0) is 13.8. The number of rotatable bonds is 6. The predicted octanol–water partition coefficient (Wildman–Crippen LogP) is 1.46. The summed E-state index contributed by atoms with van der Waals surface area (Å²) in [6.07, 6.45) is 2.16. The van der Waals surface area contributed by atoms with E-state index in [1.165, 1.54) is 5.56 Å². The van der Waals surface area contributed by atoms with Crippen LogP contribution in [0.3, 0.4) is 0 Å². The number of carbonyl (C=O) groups is 1. The van der Waals surface area contributed by atoms with E-state index in [0.29, 0.717) is 12.6 Å². The molecule has 1 fully saturated rings. The van der Waals surface area contributed by atoms with Crippen molar-refractivity contribution in [2.75, 3.05) is 13.7 Å². The number of hydrogen-bond donors (Lipinski definition) is 1. The molecule has 1 saturated carbocycles. The van der Waals surface area contributed by atoms with Gasteiger partial charge in [0.15, 0.2) is 0 Å². The van der Waals surface area contributed by atoms with E-state index in [0.717, 1.165) is 18.4 Å². The minimum Gasteiger partial charge on any atom is -0.383 e. The highest BCUT2D eigenvalue weighted by Crippen LogP contribution is 2.29. The van der Waals surface area contributed by atoms with Crippen LogP contribution in [0.25, 0.3) is 0 Å². The van der Waals surface area contributed by atoms with Crippen LogP contribution in [-0.4, -0.2) is 36.6 Å². The van der Waals surface area contributed by atoms with Crippen molar-refractivity contribution in [1.82, 2.24) is 4.90 Å². The van der Waals surface area contributed by atoms with E-state index in [-0.39, 0.29) is 12.5 Å². The van der Waals surface area contributed by atoms with Gasteiger partial charge in [-0.1, -0.05) is 29.8 Å². The van der Waals surface area contributed by atoms with Gasteiger partial charge in [0.2, 0.25) is 5.91 Å². The molecule has 0 heterocycles. The minimum absolute atomic E-state index is 0.00847. The highest BCUT2D eigenvalue weighted by atomic mass is 16.5. The lowest BCUT2D eigenvalue weighted by molar-refractivity contribution is -0.135. The third-order valence-electron chi connectivity index (χ3n) is 3.37. The van der Waals surface area contributed by atoms with Crippen molar-refractivity contribution in [2.45, 2.75) is 38.4 Å². The van der Waals surface area contributed by atoms with Crippen LogP contribution in [0, 0.1) is 6.92 Å². The van der Waals surface area contributed by atoms with E-state index in [4.69, 9.17) is 10.5 Å². The first-order valence-corrected chi connectivity index (χ1v) is 6.72. The predicted molar refractivity (Wildman–Crippen MR) is 74.6 cm³/mol. The van der Waals surface area contributed by atoms with Crippen molar-refractivity contribution in [3.63, 3.8) is 0 Å². The van der Waals surface area contributed by atoms with Crippen LogP contribution in [0.4, 0.5) is 0 Å². The molecule has 0 aliphatic heterocycles. The molecule has 0 aromatic heterocycles. The van der Waals surface area contributed by atoms with Crippen molar-refractivity contribution >= 4 is 5.91 Å². The Bertz CT molecular complexity index is 444. The summed E-state index contributed by atoms with van der Waals surface area (Å²) in [5.74, 6) is -0.00847. The van der Waals surface area contributed by atoms with Gasteiger partial charge < -0.3 is 15.4 Å². The summed E-state index contributed by atoms with van der Waals surface area (Å²) in [5.41, 5.74) is 8.23. The third kappa shape index (κ3) is 3.78. The lowest BCUT2D eigenvalue weighted by atomic mass is 10.1. The van der Waals surface area contributed by atoms with Crippen LogP contribution in [0.2, 0.25) is 0 Å². The van der Waals surface area contributed by atoms with E-state index in [9.17, 15) is 4.79 Å². The molecule has 4 heteroatoms. The molecule has 0 radical (unpaired) electrons. The van der Waals surface area contributed by atoms with E-state index in [2.05, 4.69) is 25.1 Å². The normalized spacial score (nSPS) is 16.2. The zero-order valence-electron chi connectivity index (χ0n) is 11.6. The molecule has 0 spiro atoms. The SMILES string of the molecule is COCC(N)C(=O)N(Cc1cccc(C)c1)C1CC1. The Kier molecular flexibility index (Phi) is 4.56. The number of ether oxygens (including phenoxy) is 1. The molecular weight excluding hydrogens is 240 g/mol. The van der Waals surface area contributed by atoms with Gasteiger partial charge in [0.1, 0.15) is 6.04 Å². The van der Waals surface area contributed by atoms with E-state index < -0.39 is 6.04 Å². The number of aryl methyl sites for hydroxylation is 1. The Morgan fingerprint density at radius 3 is 2.84 bits per heavy atom. The van der Waals surface area contributed by atoms with Crippen LogP contribution in [0.5, 0.6) is 0 Å². The Balaban J connectivity index is 2.06. The standard InChI is InChI=1S/C15H22N2O2/c1-11-4-3-5-12(8-11)9-17(13-6-7-13)15(18)14(16)10-19-2/h3-5,8,13-14H,6-7,9-10,16H2,1-2H3. The second-order valence-electron chi connectivity index (χ2n) is 5.25. The molecule has 1 amide bonds. The maximum absolute atomic E-state index is 12.3. The number of hydrogen-bond acceptors (Lipinski definition) is 3. The maximum atomic E-state index is 12.3. The monoisotopic (exact) mass is 262 g/mol. The van der Waals surface area contributed by atoms with Gasteiger partial charge in [0.25, 0.3) is 0 Å². The Labute approximate surface area is 114 Å². The molecule has 1 aromatic rings. The third-order valence-corrected chi connectivity index (χ3v) is 3.37. The average Bonchev–Trinajstić information content (AvgIpc) is 3.20.